The number of nitrogen functional groups attached to an aromatic ring is 1. The van der Waals surface area contributed by atoms with Gasteiger partial charge in [-0.2, -0.15) is 0 Å². The fraction of sp³-hybridized carbons (Fsp3) is 0.0714. The van der Waals surface area contributed by atoms with Crippen molar-refractivity contribution < 1.29 is 4.79 Å². The number of anilines is 2. The molecule has 0 saturated heterocycles. The molecule has 0 heterocycles. The second-order valence-corrected chi connectivity index (χ2v) is 4.86. The van der Waals surface area contributed by atoms with E-state index in [9.17, 15) is 4.79 Å². The van der Waals surface area contributed by atoms with Crippen molar-refractivity contribution in [2.45, 2.75) is 6.92 Å². The number of hydrogen-bond acceptors (Lipinski definition) is 2. The number of rotatable bonds is 2. The summed E-state index contributed by atoms with van der Waals surface area (Å²) in [6.07, 6.45) is 0. The van der Waals surface area contributed by atoms with Crippen LogP contribution >= 0.6 is 15.9 Å². The van der Waals surface area contributed by atoms with Crippen molar-refractivity contribution in [2.75, 3.05) is 11.1 Å². The van der Waals surface area contributed by atoms with Gasteiger partial charge in [-0.3, -0.25) is 4.79 Å². The maximum Gasteiger partial charge on any atom is 0.255 e. The van der Waals surface area contributed by atoms with Crippen LogP contribution in [0.3, 0.4) is 0 Å². The lowest BCUT2D eigenvalue weighted by molar-refractivity contribution is 0.102. The van der Waals surface area contributed by atoms with Crippen LogP contribution in [0.25, 0.3) is 0 Å². The molecule has 0 spiro atoms. The van der Waals surface area contributed by atoms with E-state index in [1.807, 2.05) is 37.3 Å². The Morgan fingerprint density at radius 2 is 1.94 bits per heavy atom. The van der Waals surface area contributed by atoms with Gasteiger partial charge in [0, 0.05) is 15.7 Å². The van der Waals surface area contributed by atoms with Crippen molar-refractivity contribution in [3.63, 3.8) is 0 Å². The third kappa shape index (κ3) is 2.71. The normalized spacial score (nSPS) is 10.1. The second-order valence-electron chi connectivity index (χ2n) is 4.01. The summed E-state index contributed by atoms with van der Waals surface area (Å²) < 4.78 is 0.846. The SMILES string of the molecule is Cc1ccc(C(=O)Nc2ccccc2Br)cc1N. The largest absolute Gasteiger partial charge is 0.398 e. The number of halogens is 1. The van der Waals surface area contributed by atoms with E-state index in [-0.39, 0.29) is 5.91 Å². The lowest BCUT2D eigenvalue weighted by Gasteiger charge is -2.08. The summed E-state index contributed by atoms with van der Waals surface area (Å²) in [5.74, 6) is -0.173. The zero-order valence-electron chi connectivity index (χ0n) is 9.91. The Morgan fingerprint density at radius 1 is 1.22 bits per heavy atom. The highest BCUT2D eigenvalue weighted by Gasteiger charge is 2.08. The van der Waals surface area contributed by atoms with E-state index in [1.54, 1.807) is 12.1 Å². The fourth-order valence-corrected chi connectivity index (χ4v) is 1.92. The Kier molecular flexibility index (Phi) is 3.67. The van der Waals surface area contributed by atoms with Crippen molar-refractivity contribution >= 4 is 33.2 Å². The van der Waals surface area contributed by atoms with Crippen LogP contribution in [0, 0.1) is 6.92 Å². The van der Waals surface area contributed by atoms with Crippen LogP contribution < -0.4 is 11.1 Å². The molecule has 0 radical (unpaired) electrons. The summed E-state index contributed by atoms with van der Waals surface area (Å²) in [6, 6.07) is 12.7. The van der Waals surface area contributed by atoms with Gasteiger partial charge >= 0.3 is 0 Å². The monoisotopic (exact) mass is 304 g/mol. The Labute approximate surface area is 114 Å². The Morgan fingerprint density at radius 3 is 2.61 bits per heavy atom. The number of para-hydroxylation sites is 1. The first kappa shape index (κ1) is 12.6. The van der Waals surface area contributed by atoms with Crippen LogP contribution in [-0.2, 0) is 0 Å². The third-order valence-electron chi connectivity index (χ3n) is 2.66. The molecule has 2 rings (SSSR count). The lowest BCUT2D eigenvalue weighted by Crippen LogP contribution is -2.12. The minimum absolute atomic E-state index is 0.173. The van der Waals surface area contributed by atoms with Crippen molar-refractivity contribution in [3.8, 4) is 0 Å². The third-order valence-corrected chi connectivity index (χ3v) is 3.35. The molecular formula is C14H13BrN2O. The molecule has 0 aliphatic heterocycles. The highest BCUT2D eigenvalue weighted by atomic mass is 79.9. The quantitative estimate of drug-likeness (QED) is 0.833. The molecule has 4 heteroatoms. The molecular weight excluding hydrogens is 292 g/mol. The molecule has 92 valence electrons. The molecule has 0 aromatic heterocycles. The number of amides is 1. The Hall–Kier alpha value is -1.81. The predicted molar refractivity (Wildman–Crippen MR) is 77.7 cm³/mol. The molecule has 18 heavy (non-hydrogen) atoms. The van der Waals surface area contributed by atoms with Gasteiger partial charge in [-0.05, 0) is 52.7 Å². The van der Waals surface area contributed by atoms with Crippen LogP contribution in [0.1, 0.15) is 15.9 Å². The highest BCUT2D eigenvalue weighted by Crippen LogP contribution is 2.22. The van der Waals surface area contributed by atoms with Gasteiger partial charge in [0.2, 0.25) is 0 Å². The van der Waals surface area contributed by atoms with Crippen LogP contribution in [-0.4, -0.2) is 5.91 Å². The van der Waals surface area contributed by atoms with Crippen LogP contribution in [0.2, 0.25) is 0 Å². The fourth-order valence-electron chi connectivity index (χ4n) is 1.54. The average molecular weight is 305 g/mol. The second kappa shape index (κ2) is 5.23. The van der Waals surface area contributed by atoms with E-state index in [0.717, 1.165) is 15.7 Å². The van der Waals surface area contributed by atoms with Gasteiger partial charge in [-0.1, -0.05) is 18.2 Å². The zero-order valence-corrected chi connectivity index (χ0v) is 11.5. The minimum atomic E-state index is -0.173. The van der Waals surface area contributed by atoms with E-state index < -0.39 is 0 Å². The number of carbonyl (C=O) groups excluding carboxylic acids is 1. The van der Waals surface area contributed by atoms with Gasteiger partial charge in [-0.25, -0.2) is 0 Å². The molecule has 0 unspecified atom stereocenters. The van der Waals surface area contributed by atoms with Crippen LogP contribution in [0.15, 0.2) is 46.9 Å². The number of nitrogens with two attached hydrogens (primary N) is 1. The minimum Gasteiger partial charge on any atom is -0.398 e. The maximum atomic E-state index is 12.0. The highest BCUT2D eigenvalue weighted by molar-refractivity contribution is 9.10. The van der Waals surface area contributed by atoms with Crippen molar-refractivity contribution in [1.82, 2.24) is 0 Å². The van der Waals surface area contributed by atoms with E-state index in [2.05, 4.69) is 21.2 Å². The van der Waals surface area contributed by atoms with Gasteiger partial charge in [0.25, 0.3) is 5.91 Å². The summed E-state index contributed by atoms with van der Waals surface area (Å²) in [5.41, 5.74) is 8.67. The Bertz CT molecular complexity index is 596. The summed E-state index contributed by atoms with van der Waals surface area (Å²) in [4.78, 5) is 12.0. The zero-order chi connectivity index (χ0) is 13.1. The first-order chi connectivity index (χ1) is 8.58. The number of carbonyl (C=O) groups is 1. The first-order valence-electron chi connectivity index (χ1n) is 5.50. The van der Waals surface area contributed by atoms with Crippen molar-refractivity contribution in [2.24, 2.45) is 0 Å². The van der Waals surface area contributed by atoms with Gasteiger partial charge < -0.3 is 11.1 Å². The summed E-state index contributed by atoms with van der Waals surface area (Å²) in [6.45, 7) is 1.91. The number of hydrogen-bond donors (Lipinski definition) is 2. The molecule has 0 fully saturated rings. The standard InChI is InChI=1S/C14H13BrN2O/c1-9-6-7-10(8-12(9)16)14(18)17-13-5-3-2-4-11(13)15/h2-8H,16H2,1H3,(H,17,18). The molecule has 0 saturated carbocycles. The molecule has 0 aliphatic carbocycles. The topological polar surface area (TPSA) is 55.1 Å². The molecule has 3 N–H and O–H groups in total. The molecule has 3 nitrogen and oxygen atoms in total. The van der Waals surface area contributed by atoms with Crippen LogP contribution in [0.4, 0.5) is 11.4 Å². The van der Waals surface area contributed by atoms with Gasteiger partial charge in [0.15, 0.2) is 0 Å². The van der Waals surface area contributed by atoms with Crippen LogP contribution in [0.5, 0.6) is 0 Å². The smallest absolute Gasteiger partial charge is 0.255 e. The predicted octanol–water partition coefficient (Wildman–Crippen LogP) is 3.59. The van der Waals surface area contributed by atoms with E-state index >= 15 is 0 Å². The number of benzene rings is 2. The van der Waals surface area contributed by atoms with Gasteiger partial charge in [0.1, 0.15) is 0 Å². The van der Waals surface area contributed by atoms with E-state index in [0.29, 0.717) is 11.3 Å². The molecule has 0 atom stereocenters. The summed E-state index contributed by atoms with van der Waals surface area (Å²) >= 11 is 3.38. The number of aryl methyl sites for hydroxylation is 1. The number of nitrogens with one attached hydrogen (secondary N) is 1. The molecule has 0 bridgehead atoms. The van der Waals surface area contributed by atoms with E-state index in [1.165, 1.54) is 0 Å². The summed E-state index contributed by atoms with van der Waals surface area (Å²) in [5, 5.41) is 2.83. The van der Waals surface area contributed by atoms with Crippen molar-refractivity contribution in [1.29, 1.82) is 0 Å². The Balaban J connectivity index is 2.22. The maximum absolute atomic E-state index is 12.0. The van der Waals surface area contributed by atoms with Crippen molar-refractivity contribution in [3.05, 3.63) is 58.1 Å². The van der Waals surface area contributed by atoms with E-state index in [4.69, 9.17) is 5.73 Å². The molecule has 2 aromatic rings. The molecule has 1 amide bonds. The van der Waals surface area contributed by atoms with Gasteiger partial charge in [0.05, 0.1) is 5.69 Å². The average Bonchev–Trinajstić information content (AvgIpc) is 2.35. The molecule has 0 aliphatic rings. The first-order valence-corrected chi connectivity index (χ1v) is 6.29. The summed E-state index contributed by atoms with van der Waals surface area (Å²) in [7, 11) is 0. The molecule has 2 aromatic carbocycles. The lowest BCUT2D eigenvalue weighted by atomic mass is 10.1. The van der Waals surface area contributed by atoms with Gasteiger partial charge in [-0.15, -0.1) is 0 Å².